The molecule has 6 heteroatoms. The smallest absolute Gasteiger partial charge is 0.261 e. The molecule has 0 atom stereocenters. The summed E-state index contributed by atoms with van der Waals surface area (Å²) in [5.41, 5.74) is 1.05. The van der Waals surface area contributed by atoms with Crippen molar-refractivity contribution < 1.29 is 17.2 Å². The zero-order valence-corrected chi connectivity index (χ0v) is 10.5. The van der Waals surface area contributed by atoms with Crippen LogP contribution in [-0.4, -0.2) is 8.42 Å². The zero-order valence-electron chi connectivity index (χ0n) is 9.73. The second-order valence-electron chi connectivity index (χ2n) is 3.88. The number of hydrogen-bond donors (Lipinski definition) is 1. The molecule has 0 amide bonds. The van der Waals surface area contributed by atoms with Gasteiger partial charge < -0.3 is 0 Å². The highest BCUT2D eigenvalue weighted by Crippen LogP contribution is 2.18. The molecule has 0 bridgehead atoms. The summed E-state index contributed by atoms with van der Waals surface area (Å²) in [5.74, 6) is -2.31. The number of anilines is 1. The van der Waals surface area contributed by atoms with E-state index < -0.39 is 21.7 Å². The monoisotopic (exact) mass is 282 g/mol. The molecule has 0 saturated heterocycles. The minimum Gasteiger partial charge on any atom is -0.280 e. The van der Waals surface area contributed by atoms with Gasteiger partial charge in [-0.05, 0) is 42.8 Å². The van der Waals surface area contributed by atoms with E-state index in [9.17, 15) is 17.2 Å². The molecule has 0 aliphatic carbocycles. The van der Waals surface area contributed by atoms with Crippen LogP contribution in [0.15, 0.2) is 47.4 Å². The van der Waals surface area contributed by atoms with Crippen molar-refractivity contribution in [1.29, 1.82) is 0 Å². The van der Waals surface area contributed by atoms with Crippen molar-refractivity contribution in [3.8, 4) is 0 Å². The van der Waals surface area contributed by atoms with Gasteiger partial charge in [0.25, 0.3) is 10.0 Å². The molecule has 1 N–H and O–H groups in total. The molecule has 0 saturated carbocycles. The Morgan fingerprint density at radius 3 is 2.16 bits per heavy atom. The van der Waals surface area contributed by atoms with E-state index in [-0.39, 0.29) is 4.90 Å². The van der Waals surface area contributed by atoms with Crippen molar-refractivity contribution in [2.75, 3.05) is 4.72 Å². The first kappa shape index (κ1) is 13.5. The maximum Gasteiger partial charge on any atom is 0.261 e. The second-order valence-corrected chi connectivity index (χ2v) is 5.56. The van der Waals surface area contributed by atoms with Gasteiger partial charge in [0, 0.05) is 5.69 Å². The van der Waals surface area contributed by atoms with E-state index >= 15 is 0 Å². The maximum absolute atomic E-state index is 13.0. The topological polar surface area (TPSA) is 46.2 Å². The van der Waals surface area contributed by atoms with E-state index in [0.29, 0.717) is 11.8 Å². The Morgan fingerprint density at radius 1 is 0.947 bits per heavy atom. The summed E-state index contributed by atoms with van der Waals surface area (Å²) in [6.07, 6.45) is 0. The predicted octanol–water partition coefficient (Wildman–Crippen LogP) is 2.95. The number of benzene rings is 2. The van der Waals surface area contributed by atoms with Gasteiger partial charge in [-0.2, -0.15) is 0 Å². The predicted molar refractivity (Wildman–Crippen MR) is 68.1 cm³/mol. The molecule has 0 fully saturated rings. The fourth-order valence-electron chi connectivity index (χ4n) is 1.43. The maximum atomic E-state index is 13.0. The third-order valence-electron chi connectivity index (χ3n) is 2.41. The highest BCUT2D eigenvalue weighted by Gasteiger charge is 2.16. The quantitative estimate of drug-likeness (QED) is 0.940. The summed E-state index contributed by atoms with van der Waals surface area (Å²) in [4.78, 5) is -0.342. The fourth-order valence-corrected chi connectivity index (χ4v) is 2.50. The average Bonchev–Trinajstić information content (AvgIpc) is 2.35. The largest absolute Gasteiger partial charge is 0.280 e. The minimum atomic E-state index is -3.94. The lowest BCUT2D eigenvalue weighted by atomic mass is 10.2. The molecule has 2 aromatic carbocycles. The van der Waals surface area contributed by atoms with Crippen LogP contribution in [0.4, 0.5) is 14.5 Å². The normalized spacial score (nSPS) is 11.3. The molecule has 0 unspecified atom stereocenters. The average molecular weight is 282 g/mol. The molecule has 3 nitrogen and oxygen atoms in total. The summed E-state index contributed by atoms with van der Waals surface area (Å²) in [6.45, 7) is 3.67. The van der Waals surface area contributed by atoms with Crippen molar-refractivity contribution in [1.82, 2.24) is 0 Å². The molecule has 2 aromatic rings. The van der Waals surface area contributed by atoms with Crippen LogP contribution < -0.4 is 4.72 Å². The third kappa shape index (κ3) is 3.08. The number of hydrogen-bond acceptors (Lipinski definition) is 2. The SMILES string of the molecule is [CH2]c1ccc(NS(=O)(=O)c2ccc(F)c(F)c2)cc1. The Kier molecular flexibility index (Phi) is 3.53. The van der Waals surface area contributed by atoms with Gasteiger partial charge in [-0.3, -0.25) is 4.72 Å². The van der Waals surface area contributed by atoms with Gasteiger partial charge in [0.05, 0.1) is 4.90 Å². The van der Waals surface area contributed by atoms with E-state index in [1.54, 1.807) is 12.1 Å². The first-order chi connectivity index (χ1) is 8.88. The Balaban J connectivity index is 2.32. The van der Waals surface area contributed by atoms with E-state index in [4.69, 9.17) is 0 Å². The summed E-state index contributed by atoms with van der Waals surface area (Å²) in [6, 6.07) is 8.71. The molecule has 0 spiro atoms. The number of halogens is 2. The van der Waals surface area contributed by atoms with Gasteiger partial charge in [0.2, 0.25) is 0 Å². The van der Waals surface area contributed by atoms with Crippen LogP contribution in [0.5, 0.6) is 0 Å². The number of rotatable bonds is 3. The lowest BCUT2D eigenvalue weighted by molar-refractivity contribution is 0.504. The van der Waals surface area contributed by atoms with Crippen molar-refractivity contribution >= 4 is 15.7 Å². The van der Waals surface area contributed by atoms with E-state index in [0.717, 1.165) is 17.7 Å². The molecular weight excluding hydrogens is 272 g/mol. The lowest BCUT2D eigenvalue weighted by Crippen LogP contribution is -2.13. The minimum absolute atomic E-state index is 0.317. The zero-order chi connectivity index (χ0) is 14.0. The summed E-state index contributed by atoms with van der Waals surface area (Å²) in [5, 5.41) is 0. The molecule has 19 heavy (non-hydrogen) atoms. The van der Waals surface area contributed by atoms with Crippen LogP contribution in [0.25, 0.3) is 0 Å². The van der Waals surface area contributed by atoms with Crippen LogP contribution in [0.2, 0.25) is 0 Å². The highest BCUT2D eigenvalue weighted by molar-refractivity contribution is 7.92. The summed E-state index contributed by atoms with van der Waals surface area (Å²) < 4.78 is 51.9. The number of sulfonamides is 1. The lowest BCUT2D eigenvalue weighted by Gasteiger charge is -2.08. The van der Waals surface area contributed by atoms with Gasteiger partial charge in [0.15, 0.2) is 11.6 Å². The molecule has 99 valence electrons. The molecule has 0 aliphatic rings. The Morgan fingerprint density at radius 2 is 1.58 bits per heavy atom. The van der Waals surface area contributed by atoms with Gasteiger partial charge in [-0.25, -0.2) is 17.2 Å². The first-order valence-electron chi connectivity index (χ1n) is 5.28. The molecule has 1 radical (unpaired) electrons. The van der Waals surface area contributed by atoms with Crippen molar-refractivity contribution in [3.05, 3.63) is 66.6 Å². The van der Waals surface area contributed by atoms with Crippen LogP contribution in [0, 0.1) is 18.6 Å². The standard InChI is InChI=1S/C13H10F2NO2S/c1-9-2-4-10(5-3-9)16-19(17,18)11-6-7-12(14)13(15)8-11/h2-8,16H,1H2. The van der Waals surface area contributed by atoms with Gasteiger partial charge in [-0.15, -0.1) is 0 Å². The summed E-state index contributed by atoms with van der Waals surface area (Å²) >= 11 is 0. The summed E-state index contributed by atoms with van der Waals surface area (Å²) in [7, 11) is -3.94. The van der Waals surface area contributed by atoms with Crippen LogP contribution in [-0.2, 0) is 10.0 Å². The van der Waals surface area contributed by atoms with Crippen LogP contribution in [0.1, 0.15) is 5.56 Å². The fraction of sp³-hybridized carbons (Fsp3) is 0. The number of nitrogens with one attached hydrogen (secondary N) is 1. The second kappa shape index (κ2) is 4.97. The van der Waals surface area contributed by atoms with Crippen molar-refractivity contribution in [2.24, 2.45) is 0 Å². The van der Waals surface area contributed by atoms with Gasteiger partial charge in [0.1, 0.15) is 0 Å². The Bertz CT molecular complexity index is 697. The Labute approximate surface area is 109 Å². The molecule has 0 aromatic heterocycles. The van der Waals surface area contributed by atoms with Gasteiger partial charge >= 0.3 is 0 Å². The Hall–Kier alpha value is -1.95. The van der Waals surface area contributed by atoms with E-state index in [1.807, 2.05) is 0 Å². The molecule has 2 rings (SSSR count). The van der Waals surface area contributed by atoms with Gasteiger partial charge in [-0.1, -0.05) is 12.1 Å². The first-order valence-corrected chi connectivity index (χ1v) is 6.77. The van der Waals surface area contributed by atoms with Crippen molar-refractivity contribution in [2.45, 2.75) is 4.90 Å². The molecular formula is C13H10F2NO2S. The molecule has 0 aliphatic heterocycles. The van der Waals surface area contributed by atoms with Crippen LogP contribution in [0.3, 0.4) is 0 Å². The van der Waals surface area contributed by atoms with E-state index in [2.05, 4.69) is 11.6 Å². The molecule has 0 heterocycles. The van der Waals surface area contributed by atoms with E-state index in [1.165, 1.54) is 12.1 Å². The van der Waals surface area contributed by atoms with Crippen molar-refractivity contribution in [3.63, 3.8) is 0 Å². The van der Waals surface area contributed by atoms with Crippen LogP contribution >= 0.6 is 0 Å². The highest BCUT2D eigenvalue weighted by atomic mass is 32.2. The third-order valence-corrected chi connectivity index (χ3v) is 3.79.